The molecule has 0 heterocycles. The largest absolute Gasteiger partial charge is 0.396 e. The Hall–Kier alpha value is -0.150. The monoisotopic (exact) mass is 309 g/mol. The van der Waals surface area contributed by atoms with E-state index in [1.54, 1.807) is 12.1 Å². The highest BCUT2D eigenvalue weighted by atomic mass is 35.5. The van der Waals surface area contributed by atoms with Gasteiger partial charge in [0.15, 0.2) is 0 Å². The Labute approximate surface area is 123 Å². The van der Waals surface area contributed by atoms with Crippen LogP contribution < -0.4 is 5.32 Å². The molecule has 0 spiro atoms. The van der Waals surface area contributed by atoms with Gasteiger partial charge in [-0.25, -0.2) is 0 Å². The molecule has 0 bridgehead atoms. The zero-order chi connectivity index (χ0) is 13.8. The molecule has 0 aliphatic carbocycles. The summed E-state index contributed by atoms with van der Waals surface area (Å²) in [4.78, 5) is 0. The Kier molecular flexibility index (Phi) is 6.06. The van der Waals surface area contributed by atoms with Crippen LogP contribution in [0.4, 0.5) is 5.69 Å². The van der Waals surface area contributed by atoms with Crippen molar-refractivity contribution in [3.8, 4) is 0 Å². The van der Waals surface area contributed by atoms with E-state index in [4.69, 9.17) is 34.8 Å². The van der Waals surface area contributed by atoms with Crippen molar-refractivity contribution in [2.45, 2.75) is 26.7 Å². The number of anilines is 1. The van der Waals surface area contributed by atoms with Crippen molar-refractivity contribution in [3.05, 3.63) is 27.2 Å². The molecule has 0 saturated heterocycles. The van der Waals surface area contributed by atoms with Crippen LogP contribution in [0.5, 0.6) is 0 Å². The van der Waals surface area contributed by atoms with Crippen LogP contribution in [0, 0.1) is 5.41 Å². The summed E-state index contributed by atoms with van der Waals surface area (Å²) in [6.07, 6.45) is 1.77. The molecular formula is C13H18Cl3NO. The lowest BCUT2D eigenvalue weighted by Crippen LogP contribution is -2.32. The van der Waals surface area contributed by atoms with Crippen molar-refractivity contribution in [3.63, 3.8) is 0 Å². The number of hydrogen-bond donors (Lipinski definition) is 2. The van der Waals surface area contributed by atoms with Gasteiger partial charge in [-0.15, -0.1) is 0 Å². The standard InChI is InChI=1S/C13H18Cl3NO/c1-3-13(4-2,8-18)7-17-12-10(15)5-9(14)6-11(12)16/h5-6,17-18H,3-4,7-8H2,1-2H3. The van der Waals surface area contributed by atoms with Gasteiger partial charge in [-0.1, -0.05) is 48.7 Å². The number of hydrogen-bond acceptors (Lipinski definition) is 2. The highest BCUT2D eigenvalue weighted by molar-refractivity contribution is 6.41. The van der Waals surface area contributed by atoms with E-state index in [9.17, 15) is 5.11 Å². The normalized spacial score (nSPS) is 11.7. The molecule has 18 heavy (non-hydrogen) atoms. The Morgan fingerprint density at radius 3 is 2.00 bits per heavy atom. The predicted molar refractivity (Wildman–Crippen MR) is 80.1 cm³/mol. The van der Waals surface area contributed by atoms with Gasteiger partial charge < -0.3 is 10.4 Å². The maximum Gasteiger partial charge on any atom is 0.0720 e. The molecule has 5 heteroatoms. The predicted octanol–water partition coefficient (Wildman–Crippen LogP) is 4.86. The van der Waals surface area contributed by atoms with Crippen molar-refractivity contribution in [1.29, 1.82) is 0 Å². The van der Waals surface area contributed by atoms with Crippen LogP contribution in [0.1, 0.15) is 26.7 Å². The summed E-state index contributed by atoms with van der Waals surface area (Å²) < 4.78 is 0. The number of halogens is 3. The molecule has 102 valence electrons. The molecule has 0 atom stereocenters. The van der Waals surface area contributed by atoms with Gasteiger partial charge in [0.1, 0.15) is 0 Å². The third-order valence-electron chi connectivity index (χ3n) is 3.48. The molecule has 1 aromatic rings. The molecule has 0 radical (unpaired) electrons. The van der Waals surface area contributed by atoms with Crippen LogP contribution in [0.2, 0.25) is 15.1 Å². The van der Waals surface area contributed by atoms with Gasteiger partial charge in [0.05, 0.1) is 22.3 Å². The first kappa shape index (κ1) is 15.9. The summed E-state index contributed by atoms with van der Waals surface area (Å²) in [5.41, 5.74) is 0.522. The van der Waals surface area contributed by atoms with Gasteiger partial charge in [0, 0.05) is 17.0 Å². The van der Waals surface area contributed by atoms with Crippen LogP contribution in [-0.2, 0) is 0 Å². The van der Waals surface area contributed by atoms with E-state index in [-0.39, 0.29) is 12.0 Å². The molecule has 0 fully saturated rings. The lowest BCUT2D eigenvalue weighted by Gasteiger charge is -2.30. The first-order chi connectivity index (χ1) is 8.48. The number of aliphatic hydroxyl groups is 1. The van der Waals surface area contributed by atoms with E-state index < -0.39 is 0 Å². The summed E-state index contributed by atoms with van der Waals surface area (Å²) in [7, 11) is 0. The maximum absolute atomic E-state index is 9.51. The minimum atomic E-state index is -0.147. The molecule has 2 N–H and O–H groups in total. The number of aliphatic hydroxyl groups excluding tert-OH is 1. The molecule has 0 amide bonds. The minimum absolute atomic E-state index is 0.135. The van der Waals surface area contributed by atoms with Crippen LogP contribution in [0.25, 0.3) is 0 Å². The van der Waals surface area contributed by atoms with E-state index in [2.05, 4.69) is 19.2 Å². The van der Waals surface area contributed by atoms with Crippen molar-refractivity contribution >= 4 is 40.5 Å². The van der Waals surface area contributed by atoms with Gasteiger partial charge in [-0.3, -0.25) is 0 Å². The van der Waals surface area contributed by atoms with Crippen molar-refractivity contribution in [1.82, 2.24) is 0 Å². The summed E-state index contributed by atoms with van der Waals surface area (Å²) >= 11 is 18.1. The highest BCUT2D eigenvalue weighted by Crippen LogP contribution is 2.35. The Balaban J connectivity index is 2.86. The second kappa shape index (κ2) is 6.85. The fraction of sp³-hybridized carbons (Fsp3) is 0.538. The number of benzene rings is 1. The van der Waals surface area contributed by atoms with E-state index >= 15 is 0 Å². The van der Waals surface area contributed by atoms with Crippen molar-refractivity contribution < 1.29 is 5.11 Å². The average Bonchev–Trinajstić information content (AvgIpc) is 2.33. The highest BCUT2D eigenvalue weighted by Gasteiger charge is 2.25. The molecule has 0 aliphatic heterocycles. The lowest BCUT2D eigenvalue weighted by atomic mass is 9.83. The topological polar surface area (TPSA) is 32.3 Å². The molecular weight excluding hydrogens is 293 g/mol. The summed E-state index contributed by atoms with van der Waals surface area (Å²) in [5.74, 6) is 0. The maximum atomic E-state index is 9.51. The zero-order valence-corrected chi connectivity index (χ0v) is 12.8. The first-order valence-corrected chi connectivity index (χ1v) is 7.10. The van der Waals surface area contributed by atoms with Gasteiger partial charge in [-0.2, -0.15) is 0 Å². The second-order valence-corrected chi connectivity index (χ2v) is 5.71. The molecule has 0 aromatic heterocycles. The third-order valence-corrected chi connectivity index (χ3v) is 4.30. The number of nitrogens with one attached hydrogen (secondary N) is 1. The van der Waals surface area contributed by atoms with Crippen molar-refractivity contribution in [2.24, 2.45) is 5.41 Å². The Morgan fingerprint density at radius 1 is 1.11 bits per heavy atom. The smallest absolute Gasteiger partial charge is 0.0720 e. The van der Waals surface area contributed by atoms with Crippen LogP contribution in [-0.4, -0.2) is 18.3 Å². The Morgan fingerprint density at radius 2 is 1.61 bits per heavy atom. The van der Waals surface area contributed by atoms with E-state index in [0.717, 1.165) is 12.8 Å². The molecule has 1 aromatic carbocycles. The molecule has 0 aliphatic rings. The van der Waals surface area contributed by atoms with Crippen LogP contribution >= 0.6 is 34.8 Å². The Bertz CT molecular complexity index is 374. The van der Waals surface area contributed by atoms with Gasteiger partial charge in [0.25, 0.3) is 0 Å². The summed E-state index contributed by atoms with van der Waals surface area (Å²) in [6.45, 7) is 4.88. The minimum Gasteiger partial charge on any atom is -0.396 e. The fourth-order valence-electron chi connectivity index (χ4n) is 1.77. The fourth-order valence-corrected chi connectivity index (χ4v) is 2.72. The summed E-state index contributed by atoms with van der Waals surface area (Å²) in [6, 6.07) is 3.30. The van der Waals surface area contributed by atoms with E-state index in [0.29, 0.717) is 27.3 Å². The van der Waals surface area contributed by atoms with Gasteiger partial charge >= 0.3 is 0 Å². The number of rotatable bonds is 6. The quantitative estimate of drug-likeness (QED) is 0.786. The molecule has 2 nitrogen and oxygen atoms in total. The SMILES string of the molecule is CCC(CC)(CO)CNc1c(Cl)cc(Cl)cc1Cl. The molecule has 0 saturated carbocycles. The zero-order valence-electron chi connectivity index (χ0n) is 10.6. The summed E-state index contributed by atoms with van der Waals surface area (Å²) in [5, 5.41) is 14.2. The van der Waals surface area contributed by atoms with E-state index in [1.807, 2.05) is 0 Å². The molecule has 0 unspecified atom stereocenters. The van der Waals surface area contributed by atoms with Gasteiger partial charge in [0.2, 0.25) is 0 Å². The molecule has 1 rings (SSSR count). The van der Waals surface area contributed by atoms with Crippen LogP contribution in [0.3, 0.4) is 0 Å². The van der Waals surface area contributed by atoms with Crippen LogP contribution in [0.15, 0.2) is 12.1 Å². The average molecular weight is 311 g/mol. The van der Waals surface area contributed by atoms with Crippen molar-refractivity contribution in [2.75, 3.05) is 18.5 Å². The first-order valence-electron chi connectivity index (χ1n) is 5.97. The van der Waals surface area contributed by atoms with E-state index in [1.165, 1.54) is 0 Å². The third kappa shape index (κ3) is 3.67. The lowest BCUT2D eigenvalue weighted by molar-refractivity contribution is 0.127. The van der Waals surface area contributed by atoms with Gasteiger partial charge in [-0.05, 0) is 25.0 Å². The second-order valence-electron chi connectivity index (χ2n) is 4.46.